The van der Waals surface area contributed by atoms with E-state index in [4.69, 9.17) is 4.74 Å². The van der Waals surface area contributed by atoms with Crippen molar-refractivity contribution in [1.82, 2.24) is 0 Å². The van der Waals surface area contributed by atoms with Crippen molar-refractivity contribution in [2.75, 3.05) is 7.11 Å². The minimum absolute atomic E-state index is 0.924. The fraction of sp³-hybridized carbons (Fsp3) is 0.143. The highest BCUT2D eigenvalue weighted by atomic mass is 16.5. The molecule has 0 bridgehead atoms. The summed E-state index contributed by atoms with van der Waals surface area (Å²) in [5.74, 6) is 0.924. The van der Waals surface area contributed by atoms with Gasteiger partial charge in [-0.3, -0.25) is 0 Å². The van der Waals surface area contributed by atoms with Gasteiger partial charge in [-0.25, -0.2) is 0 Å². The van der Waals surface area contributed by atoms with Crippen molar-refractivity contribution in [2.24, 2.45) is 0 Å². The maximum absolute atomic E-state index is 5.23. The van der Waals surface area contributed by atoms with Crippen molar-refractivity contribution >= 4 is 16.8 Å². The molecule has 1 nitrogen and oxygen atoms in total. The largest absolute Gasteiger partial charge is 0.497 e. The number of hydrogen-bond donors (Lipinski definition) is 0. The summed E-state index contributed by atoms with van der Waals surface area (Å²) in [4.78, 5) is 0. The molecule has 1 heteroatoms. The van der Waals surface area contributed by atoms with Gasteiger partial charge < -0.3 is 4.74 Å². The van der Waals surface area contributed by atoms with Gasteiger partial charge in [-0.1, -0.05) is 30.4 Å². The van der Waals surface area contributed by atoms with Gasteiger partial charge in [0.15, 0.2) is 0 Å². The monoisotopic (exact) mass is 196 g/mol. The van der Waals surface area contributed by atoms with Crippen LogP contribution in [0.1, 0.15) is 11.1 Å². The Hall–Kier alpha value is -1.76. The topological polar surface area (TPSA) is 9.23 Å². The van der Waals surface area contributed by atoms with Gasteiger partial charge in [0.2, 0.25) is 0 Å². The number of rotatable bonds is 1. The van der Waals surface area contributed by atoms with Gasteiger partial charge >= 0.3 is 0 Å². The van der Waals surface area contributed by atoms with Crippen LogP contribution in [0.4, 0.5) is 0 Å². The average molecular weight is 196 g/mol. The minimum Gasteiger partial charge on any atom is -0.497 e. The number of methoxy groups -OCH3 is 1. The van der Waals surface area contributed by atoms with Gasteiger partial charge in [0.05, 0.1) is 7.11 Å². The minimum atomic E-state index is 0.924. The molecule has 0 heterocycles. The van der Waals surface area contributed by atoms with Gasteiger partial charge in [-0.15, -0.1) is 0 Å². The van der Waals surface area contributed by atoms with E-state index < -0.39 is 0 Å². The van der Waals surface area contributed by atoms with Crippen LogP contribution in [0, 0.1) is 0 Å². The Balaban J connectivity index is 2.30. The molecule has 0 saturated heterocycles. The predicted octanol–water partition coefficient (Wildman–Crippen LogP) is 3.42. The molecule has 3 rings (SSSR count). The quantitative estimate of drug-likeness (QED) is 0.679. The number of benzene rings is 2. The van der Waals surface area contributed by atoms with Crippen LogP contribution in [0.15, 0.2) is 36.4 Å². The maximum atomic E-state index is 5.23. The van der Waals surface area contributed by atoms with E-state index in [0.29, 0.717) is 0 Å². The third-order valence-electron chi connectivity index (χ3n) is 2.99. The molecule has 15 heavy (non-hydrogen) atoms. The normalized spacial score (nSPS) is 13.1. The molecule has 0 fully saturated rings. The molecule has 0 N–H and O–H groups in total. The third-order valence-corrected chi connectivity index (χ3v) is 2.99. The molecule has 0 amide bonds. The van der Waals surface area contributed by atoms with E-state index in [1.54, 1.807) is 7.11 Å². The molecule has 1 aliphatic rings. The fourth-order valence-electron chi connectivity index (χ4n) is 2.20. The standard InChI is InChI=1S/C14H12O/c1-15-12-7-8-14-11(9-12)6-5-10-3-2-4-13(10)14/h2-3,5-9H,4H2,1H3. The van der Waals surface area contributed by atoms with Crippen molar-refractivity contribution in [1.29, 1.82) is 0 Å². The van der Waals surface area contributed by atoms with E-state index in [1.165, 1.54) is 21.9 Å². The van der Waals surface area contributed by atoms with E-state index in [9.17, 15) is 0 Å². The van der Waals surface area contributed by atoms with Crippen LogP contribution in [0.2, 0.25) is 0 Å². The highest BCUT2D eigenvalue weighted by molar-refractivity contribution is 5.91. The zero-order valence-electron chi connectivity index (χ0n) is 8.66. The van der Waals surface area contributed by atoms with E-state index in [2.05, 4.69) is 36.4 Å². The van der Waals surface area contributed by atoms with Crippen LogP contribution in [-0.4, -0.2) is 7.11 Å². The highest BCUT2D eigenvalue weighted by Crippen LogP contribution is 2.30. The molecular weight excluding hydrogens is 184 g/mol. The van der Waals surface area contributed by atoms with E-state index in [-0.39, 0.29) is 0 Å². The second kappa shape index (κ2) is 3.13. The number of ether oxygens (including phenoxy) is 1. The van der Waals surface area contributed by atoms with Crippen molar-refractivity contribution in [3.63, 3.8) is 0 Å². The molecule has 0 radical (unpaired) electrons. The first kappa shape index (κ1) is 8.54. The second-order valence-electron chi connectivity index (χ2n) is 3.83. The van der Waals surface area contributed by atoms with Crippen molar-refractivity contribution < 1.29 is 4.74 Å². The molecule has 0 atom stereocenters. The Kier molecular flexibility index (Phi) is 1.78. The summed E-state index contributed by atoms with van der Waals surface area (Å²) in [5.41, 5.74) is 2.79. The molecular formula is C14H12O. The van der Waals surface area contributed by atoms with Gasteiger partial charge in [0, 0.05) is 0 Å². The fourth-order valence-corrected chi connectivity index (χ4v) is 2.20. The number of allylic oxidation sites excluding steroid dienone is 1. The highest BCUT2D eigenvalue weighted by Gasteiger charge is 2.09. The third kappa shape index (κ3) is 1.23. The van der Waals surface area contributed by atoms with E-state index in [1.807, 2.05) is 6.07 Å². The first-order valence-electron chi connectivity index (χ1n) is 5.14. The second-order valence-corrected chi connectivity index (χ2v) is 3.83. The summed E-state index contributed by atoms with van der Waals surface area (Å²) in [6.45, 7) is 0. The van der Waals surface area contributed by atoms with Crippen molar-refractivity contribution in [2.45, 2.75) is 6.42 Å². The zero-order valence-corrected chi connectivity index (χ0v) is 8.66. The van der Waals surface area contributed by atoms with E-state index in [0.717, 1.165) is 12.2 Å². The average Bonchev–Trinajstić information content (AvgIpc) is 2.76. The van der Waals surface area contributed by atoms with Gasteiger partial charge in [0.1, 0.15) is 5.75 Å². The lowest BCUT2D eigenvalue weighted by molar-refractivity contribution is 0.415. The SMILES string of the molecule is COc1ccc2c3c(ccc2c1)C=CC3. The molecule has 0 unspecified atom stereocenters. The first-order chi connectivity index (χ1) is 7.38. The van der Waals surface area contributed by atoms with Crippen LogP contribution >= 0.6 is 0 Å². The van der Waals surface area contributed by atoms with Crippen molar-refractivity contribution in [3.8, 4) is 5.75 Å². The Morgan fingerprint density at radius 3 is 2.93 bits per heavy atom. The van der Waals surface area contributed by atoms with Gasteiger partial charge in [0.25, 0.3) is 0 Å². The van der Waals surface area contributed by atoms with Gasteiger partial charge in [-0.05, 0) is 40.5 Å². The summed E-state index contributed by atoms with van der Waals surface area (Å²) in [6, 6.07) is 10.6. The number of hydrogen-bond acceptors (Lipinski definition) is 1. The molecule has 2 aromatic rings. The van der Waals surface area contributed by atoms with Crippen LogP contribution in [0.25, 0.3) is 16.8 Å². The zero-order chi connectivity index (χ0) is 10.3. The summed E-state index contributed by atoms with van der Waals surface area (Å²) in [6.07, 6.45) is 5.46. The molecule has 1 aliphatic carbocycles. The predicted molar refractivity (Wildman–Crippen MR) is 63.2 cm³/mol. The molecule has 0 aromatic heterocycles. The Bertz CT molecular complexity index is 553. The molecule has 0 saturated carbocycles. The van der Waals surface area contributed by atoms with Crippen molar-refractivity contribution in [3.05, 3.63) is 47.5 Å². The van der Waals surface area contributed by atoms with Gasteiger partial charge in [-0.2, -0.15) is 0 Å². The Morgan fingerprint density at radius 1 is 1.13 bits per heavy atom. The summed E-state index contributed by atoms with van der Waals surface area (Å²) < 4.78 is 5.23. The molecule has 74 valence electrons. The Labute approximate surface area is 89.0 Å². The van der Waals surface area contributed by atoms with Crippen LogP contribution in [0.5, 0.6) is 5.75 Å². The maximum Gasteiger partial charge on any atom is 0.119 e. The molecule has 0 aliphatic heterocycles. The number of fused-ring (bicyclic) bond motifs is 3. The van der Waals surface area contributed by atoms with Crippen LogP contribution in [-0.2, 0) is 6.42 Å². The molecule has 0 spiro atoms. The molecule has 2 aromatic carbocycles. The summed E-state index contributed by atoms with van der Waals surface area (Å²) in [7, 11) is 1.70. The smallest absolute Gasteiger partial charge is 0.119 e. The lowest BCUT2D eigenvalue weighted by atomic mass is 10.0. The van der Waals surface area contributed by atoms with Crippen LogP contribution in [0.3, 0.4) is 0 Å². The van der Waals surface area contributed by atoms with E-state index >= 15 is 0 Å². The first-order valence-corrected chi connectivity index (χ1v) is 5.14. The lowest BCUT2D eigenvalue weighted by Crippen LogP contribution is -1.87. The van der Waals surface area contributed by atoms with Crippen LogP contribution < -0.4 is 4.74 Å². The summed E-state index contributed by atoms with van der Waals surface area (Å²) in [5, 5.41) is 2.61. The lowest BCUT2D eigenvalue weighted by Gasteiger charge is -2.07. The Morgan fingerprint density at radius 2 is 2.07 bits per heavy atom. The summed E-state index contributed by atoms with van der Waals surface area (Å²) >= 11 is 0.